The molecule has 22 heavy (non-hydrogen) atoms. The smallest absolute Gasteiger partial charge is 0.249 e. The van der Waals surface area contributed by atoms with Crippen LogP contribution >= 0.6 is 34.9 Å². The van der Waals surface area contributed by atoms with Crippen LogP contribution in [0.3, 0.4) is 0 Å². The summed E-state index contributed by atoms with van der Waals surface area (Å²) in [6.07, 6.45) is 3.12. The van der Waals surface area contributed by atoms with Gasteiger partial charge in [0.15, 0.2) is 4.34 Å². The van der Waals surface area contributed by atoms with Gasteiger partial charge in [-0.1, -0.05) is 29.2 Å². The van der Waals surface area contributed by atoms with Gasteiger partial charge in [0.2, 0.25) is 16.9 Å². The second-order valence-electron chi connectivity index (χ2n) is 5.23. The number of nitrogens with one attached hydrogen (secondary N) is 1. The number of carbonyl (C=O) groups is 2. The molecule has 1 aromatic rings. The van der Waals surface area contributed by atoms with E-state index < -0.39 is 6.04 Å². The summed E-state index contributed by atoms with van der Waals surface area (Å²) in [7, 11) is 0. The maximum absolute atomic E-state index is 12.5. The van der Waals surface area contributed by atoms with Crippen LogP contribution in [0.1, 0.15) is 19.8 Å². The summed E-state index contributed by atoms with van der Waals surface area (Å²) in [4.78, 5) is 26.0. The first-order chi connectivity index (χ1) is 10.5. The summed E-state index contributed by atoms with van der Waals surface area (Å²) in [5.74, 6) is 1.27. The number of amides is 2. The molecule has 3 rings (SSSR count). The minimum absolute atomic E-state index is 0.0622. The van der Waals surface area contributed by atoms with Crippen molar-refractivity contribution in [1.82, 2.24) is 15.1 Å². The fourth-order valence-electron chi connectivity index (χ4n) is 2.65. The highest BCUT2D eigenvalue weighted by atomic mass is 32.2. The molecule has 0 saturated carbocycles. The first-order valence-corrected chi connectivity index (χ1v) is 9.66. The minimum Gasteiger partial charge on any atom is -0.315 e. The highest BCUT2D eigenvalue weighted by Crippen LogP contribution is 2.47. The van der Waals surface area contributed by atoms with Crippen LogP contribution in [0.15, 0.2) is 17.0 Å². The average Bonchev–Trinajstić information content (AvgIpc) is 3.14. The molecule has 2 amide bonds. The molecule has 2 atom stereocenters. The summed E-state index contributed by atoms with van der Waals surface area (Å²) in [6.45, 7) is 5.69. The van der Waals surface area contributed by atoms with Gasteiger partial charge in [-0.15, -0.1) is 28.5 Å². The van der Waals surface area contributed by atoms with Crippen LogP contribution in [0.25, 0.3) is 0 Å². The monoisotopic (exact) mass is 356 g/mol. The van der Waals surface area contributed by atoms with Crippen LogP contribution in [0, 0.1) is 0 Å². The number of hydrogen-bond acceptors (Lipinski definition) is 7. The van der Waals surface area contributed by atoms with E-state index in [9.17, 15) is 9.59 Å². The predicted octanol–water partition coefficient (Wildman–Crippen LogP) is 2.21. The lowest BCUT2D eigenvalue weighted by Gasteiger charge is -2.29. The predicted molar refractivity (Wildman–Crippen MR) is 90.2 cm³/mol. The molecule has 2 saturated heterocycles. The third-order valence-electron chi connectivity index (χ3n) is 3.71. The molecular weight excluding hydrogens is 340 g/mol. The van der Waals surface area contributed by atoms with Gasteiger partial charge in [0.25, 0.3) is 0 Å². The number of hydrogen-bond donors (Lipinski definition) is 1. The zero-order valence-corrected chi connectivity index (χ0v) is 14.5. The first-order valence-electron chi connectivity index (χ1n) is 6.88. The summed E-state index contributed by atoms with van der Waals surface area (Å²) in [6, 6.07) is -0.418. The van der Waals surface area contributed by atoms with E-state index in [4.69, 9.17) is 0 Å². The number of carbonyl (C=O) groups excluding carboxylic acids is 2. The van der Waals surface area contributed by atoms with E-state index in [2.05, 4.69) is 22.1 Å². The molecule has 0 unspecified atom stereocenters. The summed E-state index contributed by atoms with van der Waals surface area (Å²) >= 11 is 4.54. The second kappa shape index (κ2) is 6.21. The number of fused-ring (bicyclic) bond motifs is 1. The first kappa shape index (κ1) is 15.8. The Kier molecular flexibility index (Phi) is 4.47. The summed E-state index contributed by atoms with van der Waals surface area (Å²) in [5.41, 5.74) is 0. The van der Waals surface area contributed by atoms with Gasteiger partial charge in [-0.05, 0) is 13.3 Å². The molecule has 0 bridgehead atoms. The van der Waals surface area contributed by atoms with Crippen LogP contribution in [-0.4, -0.2) is 49.3 Å². The SMILES string of the molecule is C=CCSc1nnc(NC(=O)[C@H]2CS[C@]3(C)CCC(=O)N23)s1. The number of aromatic nitrogens is 2. The van der Waals surface area contributed by atoms with E-state index in [1.54, 1.807) is 22.7 Å². The van der Waals surface area contributed by atoms with Gasteiger partial charge in [0.05, 0.1) is 4.87 Å². The summed E-state index contributed by atoms with van der Waals surface area (Å²) < 4.78 is 0.790. The maximum Gasteiger partial charge on any atom is 0.249 e. The van der Waals surface area contributed by atoms with E-state index in [-0.39, 0.29) is 16.7 Å². The Labute approximate surface area is 141 Å². The highest BCUT2D eigenvalue weighted by molar-refractivity contribution is 8.01. The van der Waals surface area contributed by atoms with E-state index in [0.717, 1.165) is 16.5 Å². The van der Waals surface area contributed by atoms with Crippen molar-refractivity contribution in [3.8, 4) is 0 Å². The van der Waals surface area contributed by atoms with Crippen molar-refractivity contribution in [3.63, 3.8) is 0 Å². The van der Waals surface area contributed by atoms with Gasteiger partial charge >= 0.3 is 0 Å². The minimum atomic E-state index is -0.418. The van der Waals surface area contributed by atoms with Crippen LogP contribution < -0.4 is 5.32 Å². The lowest BCUT2D eigenvalue weighted by Crippen LogP contribution is -2.48. The molecule has 118 valence electrons. The molecule has 2 fully saturated rings. The van der Waals surface area contributed by atoms with Gasteiger partial charge in [0, 0.05) is 17.9 Å². The highest BCUT2D eigenvalue weighted by Gasteiger charge is 2.52. The van der Waals surface area contributed by atoms with Crippen LogP contribution in [0.2, 0.25) is 0 Å². The fraction of sp³-hybridized carbons (Fsp3) is 0.538. The normalized spacial score (nSPS) is 27.0. The maximum atomic E-state index is 12.5. The number of nitrogens with zero attached hydrogens (tertiary/aromatic N) is 3. The Bertz CT molecular complexity index is 620. The molecule has 9 heteroatoms. The van der Waals surface area contributed by atoms with Gasteiger partial charge in [-0.2, -0.15) is 0 Å². The van der Waals surface area contributed by atoms with E-state index in [0.29, 0.717) is 17.3 Å². The molecule has 1 N–H and O–H groups in total. The Hall–Kier alpha value is -1.06. The topological polar surface area (TPSA) is 75.2 Å². The quantitative estimate of drug-likeness (QED) is 0.495. The number of anilines is 1. The molecule has 0 aromatic carbocycles. The average molecular weight is 356 g/mol. The fourth-order valence-corrected chi connectivity index (χ4v) is 5.60. The molecule has 3 heterocycles. The van der Waals surface area contributed by atoms with Crippen molar-refractivity contribution in [2.45, 2.75) is 35.0 Å². The molecule has 2 aliphatic heterocycles. The van der Waals surface area contributed by atoms with Crippen LogP contribution in [0.4, 0.5) is 5.13 Å². The van der Waals surface area contributed by atoms with Gasteiger partial charge in [-0.3, -0.25) is 14.9 Å². The van der Waals surface area contributed by atoms with E-state index >= 15 is 0 Å². The molecule has 0 radical (unpaired) electrons. The van der Waals surface area contributed by atoms with E-state index in [1.165, 1.54) is 23.1 Å². The van der Waals surface area contributed by atoms with Gasteiger partial charge < -0.3 is 4.90 Å². The zero-order valence-electron chi connectivity index (χ0n) is 12.1. The summed E-state index contributed by atoms with van der Waals surface area (Å²) in [5, 5.41) is 11.2. The molecular formula is C13H16N4O2S3. The van der Waals surface area contributed by atoms with E-state index in [1.807, 2.05) is 6.92 Å². The standard InChI is InChI=1S/C13H16N4O2S3/c1-3-6-20-12-16-15-11(22-12)14-10(19)8-7-21-13(2)5-4-9(18)17(8)13/h3,8H,1,4-7H2,2H3,(H,14,15,19)/t8-,13-/m1/s1. The lowest BCUT2D eigenvalue weighted by molar-refractivity contribution is -0.135. The molecule has 0 aliphatic carbocycles. The molecule has 2 aliphatic rings. The number of rotatable bonds is 5. The van der Waals surface area contributed by atoms with Crippen molar-refractivity contribution < 1.29 is 9.59 Å². The van der Waals surface area contributed by atoms with Crippen molar-refractivity contribution in [2.24, 2.45) is 0 Å². The van der Waals surface area contributed by atoms with Crippen molar-refractivity contribution in [3.05, 3.63) is 12.7 Å². The largest absolute Gasteiger partial charge is 0.315 e. The van der Waals surface area contributed by atoms with Crippen molar-refractivity contribution >= 4 is 51.8 Å². The van der Waals surface area contributed by atoms with Crippen molar-refractivity contribution in [2.75, 3.05) is 16.8 Å². The number of thioether (sulfide) groups is 2. The van der Waals surface area contributed by atoms with Gasteiger partial charge in [-0.25, -0.2) is 0 Å². The third-order valence-corrected chi connectivity index (χ3v) is 7.18. The second-order valence-corrected chi connectivity index (χ2v) is 8.97. The molecule has 1 aromatic heterocycles. The Morgan fingerprint density at radius 3 is 3.23 bits per heavy atom. The Morgan fingerprint density at radius 1 is 1.64 bits per heavy atom. The Morgan fingerprint density at radius 2 is 2.45 bits per heavy atom. The Balaban J connectivity index is 1.66. The lowest BCUT2D eigenvalue weighted by atomic mass is 10.2. The van der Waals surface area contributed by atoms with Gasteiger partial charge in [0.1, 0.15) is 6.04 Å². The zero-order chi connectivity index (χ0) is 15.7. The van der Waals surface area contributed by atoms with Crippen LogP contribution in [0.5, 0.6) is 0 Å². The molecule has 0 spiro atoms. The van der Waals surface area contributed by atoms with Crippen molar-refractivity contribution in [1.29, 1.82) is 0 Å². The molecule has 6 nitrogen and oxygen atoms in total. The third kappa shape index (κ3) is 2.89. The van der Waals surface area contributed by atoms with Crippen LogP contribution in [-0.2, 0) is 9.59 Å².